The van der Waals surface area contributed by atoms with E-state index in [4.69, 9.17) is 10.5 Å². The van der Waals surface area contributed by atoms with Crippen molar-refractivity contribution < 1.29 is 14.3 Å². The summed E-state index contributed by atoms with van der Waals surface area (Å²) in [6.45, 7) is 0. The molecule has 0 spiro atoms. The number of ether oxygens (including phenoxy) is 1. The van der Waals surface area contributed by atoms with Crippen molar-refractivity contribution >= 4 is 40.1 Å². The highest BCUT2D eigenvalue weighted by Crippen LogP contribution is 2.23. The topological polar surface area (TPSA) is 81.4 Å². The smallest absolute Gasteiger partial charge is 0.328 e. The monoisotopic (exact) mass is 332 g/mol. The van der Waals surface area contributed by atoms with Gasteiger partial charge in [0, 0.05) is 16.6 Å². The molecule has 2 aromatic carbocycles. The predicted octanol–water partition coefficient (Wildman–Crippen LogP) is 2.45. The molecule has 6 heteroatoms. The van der Waals surface area contributed by atoms with Gasteiger partial charge in [-0.1, -0.05) is 24.3 Å². The average molecular weight is 332 g/mol. The minimum Gasteiger partial charge on any atom is -0.467 e. The predicted molar refractivity (Wildman–Crippen MR) is 94.6 cm³/mol. The Labute approximate surface area is 139 Å². The van der Waals surface area contributed by atoms with E-state index in [-0.39, 0.29) is 5.91 Å². The molecule has 0 radical (unpaired) electrons. The van der Waals surface area contributed by atoms with Crippen molar-refractivity contribution in [1.82, 2.24) is 5.32 Å². The number of methoxy groups -OCH3 is 1. The highest BCUT2D eigenvalue weighted by atomic mass is 32.2. The molecule has 2 aromatic rings. The average Bonchev–Trinajstić information content (AvgIpc) is 2.57. The van der Waals surface area contributed by atoms with Crippen LogP contribution in [0.1, 0.15) is 16.8 Å². The molecular formula is C17H20N2O3S. The number of anilines is 1. The molecule has 0 saturated carbocycles. The zero-order valence-electron chi connectivity index (χ0n) is 13.2. The van der Waals surface area contributed by atoms with E-state index in [1.165, 1.54) is 7.11 Å². The maximum absolute atomic E-state index is 12.5. The first kappa shape index (κ1) is 17.1. The first-order valence-electron chi connectivity index (χ1n) is 7.22. The van der Waals surface area contributed by atoms with Gasteiger partial charge in [-0.2, -0.15) is 11.8 Å². The second-order valence-electron chi connectivity index (χ2n) is 5.12. The van der Waals surface area contributed by atoms with E-state index < -0.39 is 12.0 Å². The van der Waals surface area contributed by atoms with Gasteiger partial charge in [0.1, 0.15) is 6.04 Å². The number of carbonyl (C=O) groups is 2. The van der Waals surface area contributed by atoms with E-state index >= 15 is 0 Å². The van der Waals surface area contributed by atoms with Crippen molar-refractivity contribution in [3.63, 3.8) is 0 Å². The summed E-state index contributed by atoms with van der Waals surface area (Å²) in [5.41, 5.74) is 6.98. The third-order valence-corrected chi connectivity index (χ3v) is 4.20. The van der Waals surface area contributed by atoms with Gasteiger partial charge in [-0.3, -0.25) is 4.79 Å². The Morgan fingerprint density at radius 2 is 2.04 bits per heavy atom. The fraction of sp³-hybridized carbons (Fsp3) is 0.294. The largest absolute Gasteiger partial charge is 0.467 e. The van der Waals surface area contributed by atoms with Gasteiger partial charge in [0.2, 0.25) is 0 Å². The molecule has 1 unspecified atom stereocenters. The van der Waals surface area contributed by atoms with Gasteiger partial charge >= 0.3 is 5.97 Å². The van der Waals surface area contributed by atoms with Gasteiger partial charge in [0.15, 0.2) is 0 Å². The van der Waals surface area contributed by atoms with Crippen LogP contribution in [0.3, 0.4) is 0 Å². The second kappa shape index (κ2) is 7.87. The van der Waals surface area contributed by atoms with Gasteiger partial charge < -0.3 is 15.8 Å². The standard InChI is InChI=1S/C17H20N2O3S/c1-22-17(21)15(7-8-23-2)19-16(20)12-9-11-5-3-4-6-13(11)14(18)10-12/h3-6,9-10,15H,7-8,18H2,1-2H3,(H,19,20). The van der Waals surface area contributed by atoms with Crippen LogP contribution in [0.25, 0.3) is 10.8 Å². The van der Waals surface area contributed by atoms with E-state index in [2.05, 4.69) is 5.32 Å². The lowest BCUT2D eigenvalue weighted by molar-refractivity contribution is -0.142. The maximum Gasteiger partial charge on any atom is 0.328 e. The number of thioether (sulfide) groups is 1. The summed E-state index contributed by atoms with van der Waals surface area (Å²) in [7, 11) is 1.31. The third kappa shape index (κ3) is 4.16. The Bertz CT molecular complexity index is 718. The molecule has 0 aliphatic heterocycles. The maximum atomic E-state index is 12.5. The van der Waals surface area contributed by atoms with Crippen LogP contribution < -0.4 is 11.1 Å². The molecule has 1 amide bonds. The normalized spacial score (nSPS) is 11.9. The Kier molecular flexibility index (Phi) is 5.87. The Morgan fingerprint density at radius 1 is 1.30 bits per heavy atom. The van der Waals surface area contributed by atoms with Gasteiger partial charge in [-0.25, -0.2) is 4.79 Å². The third-order valence-electron chi connectivity index (χ3n) is 3.56. The summed E-state index contributed by atoms with van der Waals surface area (Å²) < 4.78 is 4.75. The van der Waals surface area contributed by atoms with Crippen LogP contribution in [0.5, 0.6) is 0 Å². The molecule has 0 heterocycles. The molecule has 0 bridgehead atoms. The number of hydrogen-bond donors (Lipinski definition) is 2. The number of carbonyl (C=O) groups excluding carboxylic acids is 2. The molecule has 0 fully saturated rings. The highest BCUT2D eigenvalue weighted by molar-refractivity contribution is 7.98. The summed E-state index contributed by atoms with van der Waals surface area (Å²) in [4.78, 5) is 24.2. The first-order valence-corrected chi connectivity index (χ1v) is 8.62. The van der Waals surface area contributed by atoms with Crippen molar-refractivity contribution in [2.45, 2.75) is 12.5 Å². The first-order chi connectivity index (χ1) is 11.1. The zero-order valence-corrected chi connectivity index (χ0v) is 14.0. The number of hydrogen-bond acceptors (Lipinski definition) is 5. The van der Waals surface area contributed by atoms with Gasteiger partial charge in [-0.05, 0) is 35.9 Å². The van der Waals surface area contributed by atoms with Crippen LogP contribution in [0.4, 0.5) is 5.69 Å². The molecular weight excluding hydrogens is 312 g/mol. The molecule has 0 aromatic heterocycles. The minimum atomic E-state index is -0.660. The molecule has 5 nitrogen and oxygen atoms in total. The lowest BCUT2D eigenvalue weighted by Crippen LogP contribution is -2.42. The highest BCUT2D eigenvalue weighted by Gasteiger charge is 2.22. The number of benzene rings is 2. The van der Waals surface area contributed by atoms with Crippen molar-refractivity contribution in [2.24, 2.45) is 0 Å². The van der Waals surface area contributed by atoms with E-state index in [1.807, 2.05) is 30.5 Å². The fourth-order valence-electron chi connectivity index (χ4n) is 2.34. The second-order valence-corrected chi connectivity index (χ2v) is 6.10. The van der Waals surface area contributed by atoms with E-state index in [0.717, 1.165) is 16.5 Å². The zero-order chi connectivity index (χ0) is 16.8. The summed E-state index contributed by atoms with van der Waals surface area (Å²) in [6.07, 6.45) is 2.46. The molecule has 2 rings (SSSR count). The quantitative estimate of drug-likeness (QED) is 0.627. The van der Waals surface area contributed by atoms with E-state index in [9.17, 15) is 9.59 Å². The molecule has 1 atom stereocenters. The van der Waals surface area contributed by atoms with Crippen molar-refractivity contribution in [2.75, 3.05) is 24.9 Å². The van der Waals surface area contributed by atoms with Gasteiger partial charge in [-0.15, -0.1) is 0 Å². The molecule has 3 N–H and O–H groups in total. The van der Waals surface area contributed by atoms with Crippen molar-refractivity contribution in [1.29, 1.82) is 0 Å². The summed E-state index contributed by atoms with van der Waals surface area (Å²) in [5, 5.41) is 4.51. The summed E-state index contributed by atoms with van der Waals surface area (Å²) in [6, 6.07) is 10.3. The number of nitrogens with one attached hydrogen (secondary N) is 1. The van der Waals surface area contributed by atoms with Crippen LogP contribution in [0.15, 0.2) is 36.4 Å². The number of nitrogens with two attached hydrogens (primary N) is 1. The SMILES string of the molecule is COC(=O)C(CCSC)NC(=O)c1cc(N)c2ccccc2c1. The minimum absolute atomic E-state index is 0.334. The van der Waals surface area contributed by atoms with Crippen LogP contribution in [-0.2, 0) is 9.53 Å². The summed E-state index contributed by atoms with van der Waals surface area (Å²) in [5.74, 6) is -0.0278. The fourth-order valence-corrected chi connectivity index (χ4v) is 2.81. The molecule has 0 aliphatic rings. The van der Waals surface area contributed by atoms with Gasteiger partial charge in [0.05, 0.1) is 7.11 Å². The number of nitrogen functional groups attached to an aromatic ring is 1. The van der Waals surface area contributed by atoms with Crippen LogP contribution >= 0.6 is 11.8 Å². The number of fused-ring (bicyclic) bond motifs is 1. The Morgan fingerprint density at radius 3 is 2.74 bits per heavy atom. The van der Waals surface area contributed by atoms with E-state index in [0.29, 0.717) is 17.7 Å². The van der Waals surface area contributed by atoms with Crippen LogP contribution in [0, 0.1) is 0 Å². The Hall–Kier alpha value is -2.21. The van der Waals surface area contributed by atoms with Crippen molar-refractivity contribution in [3.8, 4) is 0 Å². The number of rotatable bonds is 6. The molecule has 23 heavy (non-hydrogen) atoms. The molecule has 0 aliphatic carbocycles. The molecule has 122 valence electrons. The van der Waals surface area contributed by atoms with Crippen LogP contribution in [0.2, 0.25) is 0 Å². The Balaban J connectivity index is 2.23. The molecule has 0 saturated heterocycles. The van der Waals surface area contributed by atoms with E-state index in [1.54, 1.807) is 23.9 Å². The van der Waals surface area contributed by atoms with Crippen LogP contribution in [-0.4, -0.2) is 37.0 Å². The van der Waals surface area contributed by atoms with Crippen molar-refractivity contribution in [3.05, 3.63) is 42.0 Å². The lowest BCUT2D eigenvalue weighted by Gasteiger charge is -2.16. The number of amides is 1. The lowest BCUT2D eigenvalue weighted by atomic mass is 10.0. The van der Waals surface area contributed by atoms with Gasteiger partial charge in [0.25, 0.3) is 5.91 Å². The summed E-state index contributed by atoms with van der Waals surface area (Å²) >= 11 is 1.61. The number of esters is 1.